The molecule has 2 aromatic rings. The molecule has 1 aromatic heterocycles. The summed E-state index contributed by atoms with van der Waals surface area (Å²) in [5, 5.41) is 0. The van der Waals surface area contributed by atoms with E-state index in [9.17, 15) is 14.4 Å². The van der Waals surface area contributed by atoms with Crippen molar-refractivity contribution in [3.63, 3.8) is 0 Å². The highest BCUT2D eigenvalue weighted by molar-refractivity contribution is 6.10. The van der Waals surface area contributed by atoms with Gasteiger partial charge in [-0.2, -0.15) is 0 Å². The Balaban J connectivity index is 1.61. The van der Waals surface area contributed by atoms with E-state index >= 15 is 0 Å². The van der Waals surface area contributed by atoms with Crippen molar-refractivity contribution in [3.05, 3.63) is 65.5 Å². The zero-order valence-corrected chi connectivity index (χ0v) is 19.5. The molecule has 3 amide bonds. The summed E-state index contributed by atoms with van der Waals surface area (Å²) < 4.78 is 0. The largest absolute Gasteiger partial charge is 0.340 e. The van der Waals surface area contributed by atoms with Gasteiger partial charge in [-0.3, -0.25) is 29.2 Å². The molecule has 0 spiro atoms. The number of pyridine rings is 1. The predicted molar refractivity (Wildman–Crippen MR) is 125 cm³/mol. The van der Waals surface area contributed by atoms with E-state index < -0.39 is 5.41 Å². The molecule has 3 heterocycles. The second-order valence-electron chi connectivity index (χ2n) is 9.11. The van der Waals surface area contributed by atoms with Crippen molar-refractivity contribution in [1.29, 1.82) is 0 Å². The average molecular weight is 449 g/mol. The molecule has 0 unspecified atom stereocenters. The van der Waals surface area contributed by atoms with Crippen LogP contribution in [0.4, 0.5) is 0 Å². The van der Waals surface area contributed by atoms with Gasteiger partial charge in [-0.25, -0.2) is 0 Å². The van der Waals surface area contributed by atoms with Crippen LogP contribution in [0.15, 0.2) is 48.8 Å². The van der Waals surface area contributed by atoms with Gasteiger partial charge in [0.1, 0.15) is 0 Å². The number of piperazine rings is 1. The molecule has 174 valence electrons. The summed E-state index contributed by atoms with van der Waals surface area (Å²) in [6, 6.07) is 11.2. The minimum atomic E-state index is -1.16. The SMILES string of the molecule is CCCN1CCN(C(=O)C[C@@]2(c3ccccc3C)CC(=O)N(Cc3ccncc3)C2=O)CC1. The quantitative estimate of drug-likeness (QED) is 0.609. The maximum atomic E-state index is 13.9. The highest BCUT2D eigenvalue weighted by Gasteiger charge is 2.54. The summed E-state index contributed by atoms with van der Waals surface area (Å²) in [7, 11) is 0. The molecule has 2 aliphatic heterocycles. The lowest BCUT2D eigenvalue weighted by molar-refractivity contribution is -0.143. The number of carbonyl (C=O) groups excluding carboxylic acids is 3. The van der Waals surface area contributed by atoms with Crippen molar-refractivity contribution in [2.24, 2.45) is 0 Å². The molecular formula is C26H32N4O3. The van der Waals surface area contributed by atoms with Gasteiger partial charge in [0.2, 0.25) is 17.7 Å². The molecule has 7 heteroatoms. The number of nitrogens with zero attached hydrogens (tertiary/aromatic N) is 4. The van der Waals surface area contributed by atoms with Crippen molar-refractivity contribution < 1.29 is 14.4 Å². The van der Waals surface area contributed by atoms with Crippen LogP contribution in [-0.2, 0) is 26.3 Å². The lowest BCUT2D eigenvalue weighted by Crippen LogP contribution is -2.51. The van der Waals surface area contributed by atoms with Gasteiger partial charge < -0.3 is 4.90 Å². The van der Waals surface area contributed by atoms with E-state index in [0.29, 0.717) is 13.1 Å². The summed E-state index contributed by atoms with van der Waals surface area (Å²) in [4.78, 5) is 50.0. The summed E-state index contributed by atoms with van der Waals surface area (Å²) >= 11 is 0. The van der Waals surface area contributed by atoms with E-state index in [2.05, 4.69) is 16.8 Å². The smallest absolute Gasteiger partial charge is 0.241 e. The van der Waals surface area contributed by atoms with Gasteiger partial charge in [-0.15, -0.1) is 0 Å². The van der Waals surface area contributed by atoms with Gasteiger partial charge in [0, 0.05) is 51.4 Å². The zero-order chi connectivity index (χ0) is 23.4. The van der Waals surface area contributed by atoms with Gasteiger partial charge in [0.25, 0.3) is 0 Å². The number of amides is 3. The molecule has 2 fully saturated rings. The van der Waals surface area contributed by atoms with Crippen LogP contribution in [0.3, 0.4) is 0 Å². The Bertz CT molecular complexity index is 1020. The summed E-state index contributed by atoms with van der Waals surface area (Å²) in [6.45, 7) is 8.33. The number of imide groups is 1. The standard InChI is InChI=1S/C26H32N4O3/c1-3-12-28-13-15-29(16-14-28)23(31)17-26(22-7-5-4-6-20(22)2)18-24(32)30(25(26)33)19-21-8-10-27-11-9-21/h4-11H,3,12-19H2,1-2H3/t26-/m0/s1. The van der Waals surface area contributed by atoms with E-state index in [4.69, 9.17) is 0 Å². The first-order valence-corrected chi connectivity index (χ1v) is 11.7. The van der Waals surface area contributed by atoms with Crippen molar-refractivity contribution in [1.82, 2.24) is 19.7 Å². The van der Waals surface area contributed by atoms with Crippen LogP contribution in [0.25, 0.3) is 0 Å². The highest BCUT2D eigenvalue weighted by atomic mass is 16.2. The molecule has 2 saturated heterocycles. The summed E-state index contributed by atoms with van der Waals surface area (Å²) in [6.07, 6.45) is 4.42. The Kier molecular flexibility index (Phi) is 6.88. The molecule has 0 saturated carbocycles. The maximum Gasteiger partial charge on any atom is 0.241 e. The number of aromatic nitrogens is 1. The molecule has 0 radical (unpaired) electrons. The Morgan fingerprint density at radius 1 is 1.03 bits per heavy atom. The molecule has 1 atom stereocenters. The highest BCUT2D eigenvalue weighted by Crippen LogP contribution is 2.42. The van der Waals surface area contributed by atoms with E-state index in [1.807, 2.05) is 36.1 Å². The number of likely N-dealkylation sites (tertiary alicyclic amines) is 1. The van der Waals surface area contributed by atoms with Gasteiger partial charge in [-0.05, 0) is 48.7 Å². The van der Waals surface area contributed by atoms with Crippen LogP contribution < -0.4 is 0 Å². The molecule has 7 nitrogen and oxygen atoms in total. The molecule has 0 aliphatic carbocycles. The normalized spacial score (nSPS) is 21.6. The average Bonchev–Trinajstić information content (AvgIpc) is 3.05. The first kappa shape index (κ1) is 23.1. The lowest BCUT2D eigenvalue weighted by atomic mass is 9.74. The number of hydrogen-bond donors (Lipinski definition) is 0. The van der Waals surface area contributed by atoms with Crippen LogP contribution >= 0.6 is 0 Å². The molecule has 4 rings (SSSR count). The number of carbonyl (C=O) groups is 3. The molecule has 33 heavy (non-hydrogen) atoms. The van der Waals surface area contributed by atoms with Crippen LogP contribution in [0.2, 0.25) is 0 Å². The zero-order valence-electron chi connectivity index (χ0n) is 19.5. The molecular weight excluding hydrogens is 416 g/mol. The van der Waals surface area contributed by atoms with Crippen molar-refractivity contribution in [2.75, 3.05) is 32.7 Å². The molecule has 0 N–H and O–H groups in total. The van der Waals surface area contributed by atoms with E-state index in [1.54, 1.807) is 24.5 Å². The monoisotopic (exact) mass is 448 g/mol. The van der Waals surface area contributed by atoms with Crippen LogP contribution in [0.1, 0.15) is 42.9 Å². The fraction of sp³-hybridized carbons (Fsp3) is 0.462. The van der Waals surface area contributed by atoms with E-state index in [1.165, 1.54) is 4.90 Å². The Morgan fingerprint density at radius 3 is 2.39 bits per heavy atom. The summed E-state index contributed by atoms with van der Waals surface area (Å²) in [5.74, 6) is -0.571. The maximum absolute atomic E-state index is 13.9. The molecule has 1 aromatic carbocycles. The van der Waals surface area contributed by atoms with E-state index in [0.717, 1.165) is 42.7 Å². The second-order valence-corrected chi connectivity index (χ2v) is 9.11. The topological polar surface area (TPSA) is 73.8 Å². The van der Waals surface area contributed by atoms with Crippen molar-refractivity contribution in [2.45, 2.75) is 45.1 Å². The minimum Gasteiger partial charge on any atom is -0.340 e. The minimum absolute atomic E-state index is 0.0169. The molecule has 0 bridgehead atoms. The second kappa shape index (κ2) is 9.83. The number of aryl methyl sites for hydroxylation is 1. The van der Waals surface area contributed by atoms with E-state index in [-0.39, 0.29) is 37.1 Å². The summed E-state index contributed by atoms with van der Waals surface area (Å²) in [5.41, 5.74) is 1.38. The lowest BCUT2D eigenvalue weighted by Gasteiger charge is -2.37. The Hall–Kier alpha value is -3.06. The van der Waals surface area contributed by atoms with Gasteiger partial charge >= 0.3 is 0 Å². The van der Waals surface area contributed by atoms with Gasteiger partial charge in [0.05, 0.1) is 12.0 Å². The predicted octanol–water partition coefficient (Wildman–Crippen LogP) is 2.53. The number of hydrogen-bond acceptors (Lipinski definition) is 5. The third-order valence-electron chi connectivity index (χ3n) is 6.88. The van der Waals surface area contributed by atoms with Crippen molar-refractivity contribution in [3.8, 4) is 0 Å². The van der Waals surface area contributed by atoms with Crippen LogP contribution in [0, 0.1) is 6.92 Å². The Morgan fingerprint density at radius 2 is 1.73 bits per heavy atom. The number of rotatable bonds is 7. The first-order valence-electron chi connectivity index (χ1n) is 11.7. The first-order chi connectivity index (χ1) is 15.9. The van der Waals surface area contributed by atoms with Gasteiger partial charge in [-0.1, -0.05) is 31.2 Å². The van der Waals surface area contributed by atoms with Crippen LogP contribution in [0.5, 0.6) is 0 Å². The fourth-order valence-corrected chi connectivity index (χ4v) is 5.09. The Labute approximate surface area is 195 Å². The third kappa shape index (κ3) is 4.69. The van der Waals surface area contributed by atoms with Crippen molar-refractivity contribution >= 4 is 17.7 Å². The number of benzene rings is 1. The van der Waals surface area contributed by atoms with Gasteiger partial charge in [0.15, 0.2) is 0 Å². The molecule has 2 aliphatic rings. The van der Waals surface area contributed by atoms with Crippen LogP contribution in [-0.4, -0.2) is 70.1 Å². The fourth-order valence-electron chi connectivity index (χ4n) is 5.09. The third-order valence-corrected chi connectivity index (χ3v) is 6.88.